The maximum Gasteiger partial charge on any atom is 0.0781 e. The monoisotopic (exact) mass is 445 g/mol. The number of rotatable bonds is 3. The van der Waals surface area contributed by atoms with Crippen LogP contribution in [0.2, 0.25) is 0 Å². The van der Waals surface area contributed by atoms with Gasteiger partial charge in [-0.1, -0.05) is 60.3 Å². The number of para-hydroxylation sites is 1. The van der Waals surface area contributed by atoms with E-state index in [1.165, 1.54) is 37.6 Å². The smallest absolute Gasteiger partial charge is 0.0781 e. The van der Waals surface area contributed by atoms with Gasteiger partial charge in [-0.3, -0.25) is 4.98 Å². The number of pyridine rings is 1. The van der Waals surface area contributed by atoms with E-state index in [1.807, 2.05) is 18.0 Å². The van der Waals surface area contributed by atoms with Crippen LogP contribution in [0, 0.1) is 0 Å². The van der Waals surface area contributed by atoms with E-state index in [1.54, 1.807) is 0 Å². The van der Waals surface area contributed by atoms with Gasteiger partial charge in [0.15, 0.2) is 0 Å². The lowest BCUT2D eigenvalue weighted by Crippen LogP contribution is -2.16. The number of aromatic nitrogens is 1. The largest absolute Gasteiger partial charge is 0.378 e. The Balaban J connectivity index is 1.55. The Morgan fingerprint density at radius 3 is 2.45 bits per heavy atom. The molecule has 0 N–H and O–H groups in total. The Hall–Kier alpha value is -3.76. The fourth-order valence-electron chi connectivity index (χ4n) is 4.44. The van der Waals surface area contributed by atoms with Gasteiger partial charge in [0, 0.05) is 52.4 Å². The number of hydrogen-bond donors (Lipinski definition) is 0. The van der Waals surface area contributed by atoms with Crippen molar-refractivity contribution < 1.29 is 0 Å². The van der Waals surface area contributed by atoms with Crippen molar-refractivity contribution in [1.29, 1.82) is 0 Å². The van der Waals surface area contributed by atoms with E-state index >= 15 is 0 Å². The van der Waals surface area contributed by atoms with Gasteiger partial charge >= 0.3 is 0 Å². The van der Waals surface area contributed by atoms with E-state index in [4.69, 9.17) is 4.98 Å². The van der Waals surface area contributed by atoms with Gasteiger partial charge in [-0.2, -0.15) is 0 Å². The van der Waals surface area contributed by atoms with Crippen LogP contribution in [0.25, 0.3) is 22.0 Å². The molecule has 6 rings (SSSR count). The normalized spacial score (nSPS) is 12.4. The molecule has 0 radical (unpaired) electrons. The molecule has 33 heavy (non-hydrogen) atoms. The molecule has 0 atom stereocenters. The number of hydrogen-bond acceptors (Lipinski definition) is 4. The van der Waals surface area contributed by atoms with E-state index < -0.39 is 0 Å². The van der Waals surface area contributed by atoms with Crippen LogP contribution in [-0.4, -0.2) is 19.1 Å². The third-order valence-electron chi connectivity index (χ3n) is 6.08. The second-order valence-corrected chi connectivity index (χ2v) is 9.47. The highest BCUT2D eigenvalue weighted by molar-refractivity contribution is 7.99. The van der Waals surface area contributed by atoms with Crippen LogP contribution in [0.5, 0.6) is 0 Å². The van der Waals surface area contributed by atoms with Crippen LogP contribution >= 0.6 is 11.8 Å². The fraction of sp³-hybridized carbons (Fsp3) is 0.0690. The highest BCUT2D eigenvalue weighted by Crippen LogP contribution is 2.52. The van der Waals surface area contributed by atoms with Gasteiger partial charge < -0.3 is 9.80 Å². The molecule has 160 valence electrons. The molecular formula is C29H23N3S. The minimum Gasteiger partial charge on any atom is -0.378 e. The Bertz CT molecular complexity index is 1490. The van der Waals surface area contributed by atoms with Crippen molar-refractivity contribution >= 4 is 45.3 Å². The lowest BCUT2D eigenvalue weighted by Gasteiger charge is -2.34. The third kappa shape index (κ3) is 3.43. The molecule has 0 bridgehead atoms. The van der Waals surface area contributed by atoms with Crippen LogP contribution in [0.1, 0.15) is 0 Å². The quantitative estimate of drug-likeness (QED) is 0.276. The Kier molecular flexibility index (Phi) is 4.81. The van der Waals surface area contributed by atoms with Crippen molar-refractivity contribution in [1.82, 2.24) is 4.98 Å². The van der Waals surface area contributed by atoms with Crippen LogP contribution in [-0.2, 0) is 0 Å². The Morgan fingerprint density at radius 1 is 0.727 bits per heavy atom. The van der Waals surface area contributed by atoms with Crippen molar-refractivity contribution in [2.75, 3.05) is 23.9 Å². The molecule has 0 aliphatic carbocycles. The Labute approximate surface area is 198 Å². The van der Waals surface area contributed by atoms with E-state index in [9.17, 15) is 0 Å². The van der Waals surface area contributed by atoms with Gasteiger partial charge in [0.25, 0.3) is 0 Å². The zero-order valence-corrected chi connectivity index (χ0v) is 19.4. The van der Waals surface area contributed by atoms with Crippen LogP contribution < -0.4 is 9.80 Å². The number of nitrogens with zero attached hydrogens (tertiary/aromatic N) is 3. The molecule has 2 heterocycles. The van der Waals surface area contributed by atoms with Gasteiger partial charge in [0.1, 0.15) is 0 Å². The molecule has 0 spiro atoms. The summed E-state index contributed by atoms with van der Waals surface area (Å²) in [5.41, 5.74) is 6.85. The standard InChI is InChI=1S/C29H23N3S/c1-31(2)22-14-15-28-26(19-22)32(25-12-5-6-13-27(25)33-28)23-10-7-9-21(18-23)29-24-11-4-3-8-20(24)16-17-30-29/h3-19H,1-2H3. The van der Waals surface area contributed by atoms with Gasteiger partial charge in [0.2, 0.25) is 0 Å². The summed E-state index contributed by atoms with van der Waals surface area (Å²) < 4.78 is 0. The average molecular weight is 446 g/mol. The molecule has 5 aromatic rings. The summed E-state index contributed by atoms with van der Waals surface area (Å²) in [5.74, 6) is 0. The molecule has 1 aliphatic heterocycles. The first-order valence-electron chi connectivity index (χ1n) is 11.0. The SMILES string of the molecule is CN(C)c1ccc2c(c1)N(c1cccc(-c3nccc4ccccc34)c1)c1ccccc1S2. The van der Waals surface area contributed by atoms with Crippen LogP contribution in [0.3, 0.4) is 0 Å². The maximum absolute atomic E-state index is 4.76. The van der Waals surface area contributed by atoms with E-state index in [2.05, 4.69) is 121 Å². The molecule has 4 heteroatoms. The number of fused-ring (bicyclic) bond motifs is 3. The lowest BCUT2D eigenvalue weighted by atomic mass is 10.0. The highest BCUT2D eigenvalue weighted by Gasteiger charge is 2.25. The van der Waals surface area contributed by atoms with Crippen molar-refractivity contribution in [3.8, 4) is 11.3 Å². The van der Waals surface area contributed by atoms with E-state index in [-0.39, 0.29) is 0 Å². The van der Waals surface area contributed by atoms with Crippen molar-refractivity contribution in [2.24, 2.45) is 0 Å². The molecule has 3 nitrogen and oxygen atoms in total. The highest BCUT2D eigenvalue weighted by atomic mass is 32.2. The van der Waals surface area contributed by atoms with Gasteiger partial charge in [-0.05, 0) is 53.9 Å². The molecule has 0 unspecified atom stereocenters. The van der Waals surface area contributed by atoms with E-state index in [0.717, 1.165) is 16.9 Å². The summed E-state index contributed by atoms with van der Waals surface area (Å²) in [6, 6.07) is 34.6. The summed E-state index contributed by atoms with van der Waals surface area (Å²) in [7, 11) is 4.17. The van der Waals surface area contributed by atoms with Gasteiger partial charge in [-0.25, -0.2) is 0 Å². The van der Waals surface area contributed by atoms with Crippen molar-refractivity contribution in [3.05, 3.63) is 103 Å². The summed E-state index contributed by atoms with van der Waals surface area (Å²) in [5, 5.41) is 2.37. The first kappa shape index (κ1) is 19.9. The molecule has 0 fully saturated rings. The molecule has 1 aromatic heterocycles. The van der Waals surface area contributed by atoms with Crippen LogP contribution in [0.15, 0.2) is 113 Å². The summed E-state index contributed by atoms with van der Waals surface area (Å²) in [4.78, 5) is 11.8. The Morgan fingerprint density at radius 2 is 1.55 bits per heavy atom. The molecular weight excluding hydrogens is 422 g/mol. The fourth-order valence-corrected chi connectivity index (χ4v) is 5.48. The molecule has 0 saturated heterocycles. The van der Waals surface area contributed by atoms with E-state index in [0.29, 0.717) is 0 Å². The molecule has 1 aliphatic rings. The second-order valence-electron chi connectivity index (χ2n) is 8.38. The van der Waals surface area contributed by atoms with Crippen LogP contribution in [0.4, 0.5) is 22.7 Å². The minimum atomic E-state index is 1.01. The first-order valence-corrected chi connectivity index (χ1v) is 11.8. The third-order valence-corrected chi connectivity index (χ3v) is 7.21. The lowest BCUT2D eigenvalue weighted by molar-refractivity contribution is 1.11. The first-order chi connectivity index (χ1) is 16.2. The van der Waals surface area contributed by atoms with Gasteiger partial charge in [0.05, 0.1) is 17.1 Å². The number of anilines is 4. The second kappa shape index (κ2) is 7.98. The number of benzene rings is 4. The summed E-state index contributed by atoms with van der Waals surface area (Å²) >= 11 is 1.83. The summed E-state index contributed by atoms with van der Waals surface area (Å²) in [6.45, 7) is 0. The zero-order valence-electron chi connectivity index (χ0n) is 18.6. The molecule has 0 amide bonds. The predicted molar refractivity (Wildman–Crippen MR) is 140 cm³/mol. The topological polar surface area (TPSA) is 19.4 Å². The van der Waals surface area contributed by atoms with Gasteiger partial charge in [-0.15, -0.1) is 0 Å². The molecule has 4 aromatic carbocycles. The minimum absolute atomic E-state index is 1.01. The summed E-state index contributed by atoms with van der Waals surface area (Å²) in [6.07, 6.45) is 1.90. The average Bonchev–Trinajstić information content (AvgIpc) is 2.86. The molecule has 0 saturated carbocycles. The van der Waals surface area contributed by atoms with Crippen molar-refractivity contribution in [3.63, 3.8) is 0 Å². The maximum atomic E-state index is 4.76. The predicted octanol–water partition coefficient (Wildman–Crippen LogP) is 7.90. The zero-order chi connectivity index (χ0) is 22.4. The van der Waals surface area contributed by atoms with Crippen molar-refractivity contribution in [2.45, 2.75) is 9.79 Å².